The number of aromatic nitrogens is 2. The van der Waals surface area contributed by atoms with Crippen LogP contribution in [0.25, 0.3) is 0 Å². The fraction of sp³-hybridized carbons (Fsp3) is 0.684. The van der Waals surface area contributed by atoms with Gasteiger partial charge in [0.05, 0.1) is 5.69 Å². The lowest BCUT2D eigenvalue weighted by Crippen LogP contribution is -2.39. The fourth-order valence-corrected chi connectivity index (χ4v) is 3.07. The molecule has 0 fully saturated rings. The zero-order valence-electron chi connectivity index (χ0n) is 16.6. The number of rotatable bonds is 10. The van der Waals surface area contributed by atoms with Crippen molar-refractivity contribution < 1.29 is 0 Å². The fourth-order valence-electron chi connectivity index (χ4n) is 3.07. The summed E-state index contributed by atoms with van der Waals surface area (Å²) < 4.78 is 2.02. The lowest BCUT2D eigenvalue weighted by molar-refractivity contribution is 0.455. The van der Waals surface area contributed by atoms with E-state index in [4.69, 9.17) is 0 Å². The largest absolute Gasteiger partial charge is 0.352 e. The molecule has 0 radical (unpaired) electrons. The molecule has 1 aromatic rings. The molecule has 0 aliphatic rings. The van der Waals surface area contributed by atoms with E-state index in [1.54, 1.807) is 0 Å². The van der Waals surface area contributed by atoms with E-state index in [2.05, 4.69) is 47.8 Å². The van der Waals surface area contributed by atoms with E-state index >= 15 is 0 Å². The molecule has 0 atom stereocenters. The summed E-state index contributed by atoms with van der Waals surface area (Å²) in [5.41, 5.74) is 3.81. The van der Waals surface area contributed by atoms with Crippen molar-refractivity contribution in [1.29, 1.82) is 0 Å². The van der Waals surface area contributed by atoms with E-state index in [9.17, 15) is 0 Å². The number of hydrogen-bond donors (Lipinski definition) is 1. The van der Waals surface area contributed by atoms with Crippen LogP contribution in [0, 0.1) is 0 Å². The first kappa shape index (κ1) is 23.9. The Morgan fingerprint density at radius 3 is 2.56 bits per heavy atom. The Bertz CT molecular complexity index is 536. The lowest BCUT2D eigenvalue weighted by Gasteiger charge is -2.22. The third-order valence-electron chi connectivity index (χ3n) is 4.43. The van der Waals surface area contributed by atoms with Gasteiger partial charge in [0.2, 0.25) is 0 Å². The summed E-state index contributed by atoms with van der Waals surface area (Å²) in [5.74, 6) is 0.951. The number of unbranched alkanes of at least 4 members (excludes halogenated alkanes) is 3. The Balaban J connectivity index is 0.00000576. The third-order valence-corrected chi connectivity index (χ3v) is 4.43. The van der Waals surface area contributed by atoms with E-state index in [1.165, 1.54) is 36.2 Å². The van der Waals surface area contributed by atoms with Crippen molar-refractivity contribution in [2.75, 3.05) is 20.6 Å². The van der Waals surface area contributed by atoms with Crippen molar-refractivity contribution in [2.24, 2.45) is 12.0 Å². The van der Waals surface area contributed by atoms with Crippen LogP contribution < -0.4 is 5.32 Å². The molecule has 1 heterocycles. The van der Waals surface area contributed by atoms with Gasteiger partial charge < -0.3 is 10.2 Å². The summed E-state index contributed by atoms with van der Waals surface area (Å²) in [6.07, 6.45) is 8.69. The Labute approximate surface area is 171 Å². The minimum absolute atomic E-state index is 0. The van der Waals surface area contributed by atoms with Crippen molar-refractivity contribution in [3.8, 4) is 0 Å². The van der Waals surface area contributed by atoms with Crippen LogP contribution in [-0.2, 0) is 26.4 Å². The highest BCUT2D eigenvalue weighted by atomic mass is 127. The second-order valence-corrected chi connectivity index (χ2v) is 6.16. The minimum Gasteiger partial charge on any atom is -0.352 e. The maximum Gasteiger partial charge on any atom is 0.193 e. The monoisotopic (exact) mass is 461 g/mol. The van der Waals surface area contributed by atoms with E-state index < -0.39 is 0 Å². The predicted molar refractivity (Wildman–Crippen MR) is 119 cm³/mol. The van der Waals surface area contributed by atoms with Crippen LogP contribution in [0.1, 0.15) is 56.5 Å². The van der Waals surface area contributed by atoms with Gasteiger partial charge in [-0.25, -0.2) is 0 Å². The maximum atomic E-state index is 4.64. The first-order valence-electron chi connectivity index (χ1n) is 9.15. The van der Waals surface area contributed by atoms with Gasteiger partial charge in [0, 0.05) is 45.5 Å². The van der Waals surface area contributed by atoms with Gasteiger partial charge in [-0.15, -0.1) is 30.6 Å². The Morgan fingerprint density at radius 1 is 1.28 bits per heavy atom. The highest BCUT2D eigenvalue weighted by molar-refractivity contribution is 14.0. The smallest absolute Gasteiger partial charge is 0.193 e. The summed E-state index contributed by atoms with van der Waals surface area (Å²) in [7, 11) is 5.99. The van der Waals surface area contributed by atoms with Gasteiger partial charge in [-0.3, -0.25) is 9.67 Å². The van der Waals surface area contributed by atoms with Gasteiger partial charge in [-0.1, -0.05) is 26.3 Å². The molecule has 0 bridgehead atoms. The molecule has 5 nitrogen and oxygen atoms in total. The average molecular weight is 461 g/mol. The zero-order chi connectivity index (χ0) is 17.9. The lowest BCUT2D eigenvalue weighted by atomic mass is 10.1. The molecule has 1 N–H and O–H groups in total. The number of aryl methyl sites for hydroxylation is 2. The van der Waals surface area contributed by atoms with Crippen molar-refractivity contribution in [3.05, 3.63) is 29.6 Å². The van der Waals surface area contributed by atoms with Crippen LogP contribution in [0.15, 0.2) is 17.6 Å². The zero-order valence-corrected chi connectivity index (χ0v) is 19.0. The summed E-state index contributed by atoms with van der Waals surface area (Å²) in [4.78, 5) is 6.63. The van der Waals surface area contributed by atoms with E-state index in [0.717, 1.165) is 38.3 Å². The van der Waals surface area contributed by atoms with Gasteiger partial charge in [0.1, 0.15) is 0 Å². The topological polar surface area (TPSA) is 45.4 Å². The SMILES string of the molecule is C=CCCCCCN(C)C(=NC)NCc1c(CC)nn(C)c1CC.I. The van der Waals surface area contributed by atoms with E-state index in [-0.39, 0.29) is 24.0 Å². The van der Waals surface area contributed by atoms with Crippen LogP contribution >= 0.6 is 24.0 Å². The molecular formula is C19H36IN5. The van der Waals surface area contributed by atoms with Gasteiger partial charge in [-0.2, -0.15) is 5.10 Å². The highest BCUT2D eigenvalue weighted by Gasteiger charge is 2.14. The molecule has 25 heavy (non-hydrogen) atoms. The van der Waals surface area contributed by atoms with Crippen LogP contribution in [0.4, 0.5) is 0 Å². The van der Waals surface area contributed by atoms with Crippen molar-refractivity contribution in [1.82, 2.24) is 20.0 Å². The van der Waals surface area contributed by atoms with Gasteiger partial charge in [0.15, 0.2) is 5.96 Å². The molecule has 0 saturated heterocycles. The Hall–Kier alpha value is -1.05. The van der Waals surface area contributed by atoms with Crippen LogP contribution in [0.2, 0.25) is 0 Å². The Kier molecular flexibility index (Phi) is 12.6. The molecule has 0 saturated carbocycles. The van der Waals surface area contributed by atoms with Crippen molar-refractivity contribution in [3.63, 3.8) is 0 Å². The third kappa shape index (κ3) is 7.38. The standard InChI is InChI=1S/C19H35N5.HI/c1-7-10-11-12-13-14-23(5)19(20-4)21-15-16-17(8-2)22-24(6)18(16)9-3;/h7H,1,8-15H2,2-6H3,(H,20,21);1H. The predicted octanol–water partition coefficient (Wildman–Crippen LogP) is 3.92. The van der Waals surface area contributed by atoms with Gasteiger partial charge in [0.25, 0.3) is 0 Å². The molecule has 0 spiro atoms. The number of hydrogen-bond acceptors (Lipinski definition) is 2. The molecule has 0 aliphatic heterocycles. The van der Waals surface area contributed by atoms with Crippen molar-refractivity contribution >= 4 is 29.9 Å². The molecule has 0 aliphatic carbocycles. The molecule has 1 aromatic heterocycles. The highest BCUT2D eigenvalue weighted by Crippen LogP contribution is 2.15. The summed E-state index contributed by atoms with van der Waals surface area (Å²) in [6, 6.07) is 0. The normalized spacial score (nSPS) is 11.2. The first-order chi connectivity index (χ1) is 11.6. The second kappa shape index (κ2) is 13.2. The first-order valence-corrected chi connectivity index (χ1v) is 9.15. The minimum atomic E-state index is 0. The number of allylic oxidation sites excluding steroid dienone is 1. The average Bonchev–Trinajstić information content (AvgIpc) is 2.90. The number of aliphatic imine (C=N–C) groups is 1. The summed E-state index contributed by atoms with van der Waals surface area (Å²) in [5, 5.41) is 8.15. The van der Waals surface area contributed by atoms with Crippen LogP contribution in [-0.4, -0.2) is 41.3 Å². The molecule has 144 valence electrons. The molecule has 1 rings (SSSR count). The van der Waals surface area contributed by atoms with E-state index in [1.807, 2.05) is 24.9 Å². The number of nitrogens with zero attached hydrogens (tertiary/aromatic N) is 4. The van der Waals surface area contributed by atoms with Crippen LogP contribution in [0.5, 0.6) is 0 Å². The van der Waals surface area contributed by atoms with Gasteiger partial charge in [-0.05, 0) is 32.1 Å². The van der Waals surface area contributed by atoms with E-state index in [0.29, 0.717) is 0 Å². The number of nitrogens with one attached hydrogen (secondary N) is 1. The molecular weight excluding hydrogens is 425 g/mol. The maximum absolute atomic E-state index is 4.64. The summed E-state index contributed by atoms with van der Waals surface area (Å²) in [6.45, 7) is 9.92. The van der Waals surface area contributed by atoms with Crippen LogP contribution in [0.3, 0.4) is 0 Å². The molecule has 0 aromatic carbocycles. The second-order valence-electron chi connectivity index (χ2n) is 6.16. The summed E-state index contributed by atoms with van der Waals surface area (Å²) >= 11 is 0. The molecule has 6 heteroatoms. The number of guanidine groups is 1. The quantitative estimate of drug-likeness (QED) is 0.189. The van der Waals surface area contributed by atoms with Gasteiger partial charge >= 0.3 is 0 Å². The number of halogens is 1. The Morgan fingerprint density at radius 2 is 2.00 bits per heavy atom. The molecule has 0 unspecified atom stereocenters. The van der Waals surface area contributed by atoms with Crippen molar-refractivity contribution in [2.45, 2.75) is 58.9 Å². The molecule has 0 amide bonds.